The van der Waals surface area contributed by atoms with Crippen molar-refractivity contribution in [2.24, 2.45) is 0 Å². The number of halogens is 2. The molecule has 2 aromatic carbocycles. The molecule has 1 nitrogen and oxygen atoms in total. The summed E-state index contributed by atoms with van der Waals surface area (Å²) in [6.07, 6.45) is 0.978. The van der Waals surface area contributed by atoms with Gasteiger partial charge in [-0.3, -0.25) is 0 Å². The largest absolute Gasteiger partial charge is 0.316 e. The quantitative estimate of drug-likeness (QED) is 0.831. The summed E-state index contributed by atoms with van der Waals surface area (Å²) in [6, 6.07) is 10.2. The number of fused-ring (bicyclic) bond motifs is 1. The van der Waals surface area contributed by atoms with Gasteiger partial charge in [0, 0.05) is 12.1 Å². The highest BCUT2D eigenvalue weighted by atomic mass is 19.2. The first-order chi connectivity index (χ1) is 9.66. The van der Waals surface area contributed by atoms with Gasteiger partial charge in [0.15, 0.2) is 11.6 Å². The van der Waals surface area contributed by atoms with E-state index in [4.69, 9.17) is 0 Å². The molecule has 0 aliphatic carbocycles. The topological polar surface area (TPSA) is 12.0 Å². The third-order valence-electron chi connectivity index (χ3n) is 3.96. The number of rotatable bonds is 1. The fraction of sp³-hybridized carbons (Fsp3) is 0.294. The second-order valence-electron chi connectivity index (χ2n) is 5.37. The zero-order valence-corrected chi connectivity index (χ0v) is 11.4. The van der Waals surface area contributed by atoms with Crippen molar-refractivity contribution in [3.05, 3.63) is 59.2 Å². The minimum absolute atomic E-state index is 0.331. The summed E-state index contributed by atoms with van der Waals surface area (Å²) >= 11 is 0. The standard InChI is InChI=1S/C17H17F2N/c1-11-10-20-8-7-12-5-6-13(9-15(11)12)14-3-2-4-16(18)17(14)19/h2-6,9,11,20H,7-8,10H2,1H3. The van der Waals surface area contributed by atoms with E-state index in [1.807, 2.05) is 18.2 Å². The Morgan fingerprint density at radius 3 is 2.85 bits per heavy atom. The van der Waals surface area contributed by atoms with Crippen LogP contribution >= 0.6 is 0 Å². The Kier molecular flexibility index (Phi) is 3.53. The van der Waals surface area contributed by atoms with E-state index in [9.17, 15) is 8.78 Å². The van der Waals surface area contributed by atoms with E-state index in [-0.39, 0.29) is 0 Å². The second-order valence-corrected chi connectivity index (χ2v) is 5.37. The summed E-state index contributed by atoms with van der Waals surface area (Å²) < 4.78 is 27.3. The zero-order valence-electron chi connectivity index (χ0n) is 11.4. The van der Waals surface area contributed by atoms with Crippen molar-refractivity contribution in [1.29, 1.82) is 0 Å². The van der Waals surface area contributed by atoms with E-state index in [2.05, 4.69) is 12.2 Å². The molecule has 1 atom stereocenters. The highest BCUT2D eigenvalue weighted by molar-refractivity contribution is 5.66. The molecule has 2 aromatic rings. The third kappa shape index (κ3) is 2.34. The number of hydrogen-bond donors (Lipinski definition) is 1. The van der Waals surface area contributed by atoms with Crippen molar-refractivity contribution in [2.75, 3.05) is 13.1 Å². The molecule has 0 bridgehead atoms. The molecule has 0 spiro atoms. The third-order valence-corrected chi connectivity index (χ3v) is 3.96. The highest BCUT2D eigenvalue weighted by Crippen LogP contribution is 2.30. The van der Waals surface area contributed by atoms with Crippen LogP contribution in [0.3, 0.4) is 0 Å². The van der Waals surface area contributed by atoms with Crippen LogP contribution < -0.4 is 5.32 Å². The zero-order chi connectivity index (χ0) is 14.1. The first kappa shape index (κ1) is 13.3. The lowest BCUT2D eigenvalue weighted by molar-refractivity contribution is 0.511. The fourth-order valence-electron chi connectivity index (χ4n) is 2.83. The first-order valence-corrected chi connectivity index (χ1v) is 6.94. The normalized spacial score (nSPS) is 18.4. The van der Waals surface area contributed by atoms with E-state index >= 15 is 0 Å². The monoisotopic (exact) mass is 273 g/mol. The Morgan fingerprint density at radius 1 is 1.15 bits per heavy atom. The van der Waals surface area contributed by atoms with E-state index < -0.39 is 11.6 Å². The molecular weight excluding hydrogens is 256 g/mol. The number of nitrogens with one attached hydrogen (secondary N) is 1. The average Bonchev–Trinajstić information content (AvgIpc) is 2.64. The Morgan fingerprint density at radius 2 is 2.00 bits per heavy atom. The van der Waals surface area contributed by atoms with Crippen molar-refractivity contribution < 1.29 is 8.78 Å². The number of benzene rings is 2. The predicted molar refractivity (Wildman–Crippen MR) is 76.8 cm³/mol. The minimum Gasteiger partial charge on any atom is -0.316 e. The predicted octanol–water partition coefficient (Wildman–Crippen LogP) is 3.88. The molecule has 0 radical (unpaired) electrons. The Balaban J connectivity index is 2.10. The van der Waals surface area contributed by atoms with Crippen LogP contribution in [0.1, 0.15) is 24.0 Å². The summed E-state index contributed by atoms with van der Waals surface area (Å²) in [5.74, 6) is -1.19. The molecule has 1 aliphatic rings. The number of hydrogen-bond acceptors (Lipinski definition) is 1. The lowest BCUT2D eigenvalue weighted by Crippen LogP contribution is -2.18. The van der Waals surface area contributed by atoms with Gasteiger partial charge in [-0.05, 0) is 41.6 Å². The van der Waals surface area contributed by atoms with Gasteiger partial charge in [0.1, 0.15) is 0 Å². The van der Waals surface area contributed by atoms with Gasteiger partial charge in [0.2, 0.25) is 0 Å². The van der Waals surface area contributed by atoms with E-state index in [0.717, 1.165) is 31.1 Å². The smallest absolute Gasteiger partial charge is 0.166 e. The summed E-state index contributed by atoms with van der Waals surface area (Å²) in [7, 11) is 0. The van der Waals surface area contributed by atoms with Crippen LogP contribution in [0.2, 0.25) is 0 Å². The molecule has 3 rings (SSSR count). The van der Waals surface area contributed by atoms with Crippen LogP contribution in [0.4, 0.5) is 8.78 Å². The van der Waals surface area contributed by atoms with Crippen molar-refractivity contribution in [1.82, 2.24) is 5.32 Å². The van der Waals surface area contributed by atoms with Crippen LogP contribution in [0.25, 0.3) is 11.1 Å². The molecular formula is C17H17F2N. The molecule has 1 N–H and O–H groups in total. The van der Waals surface area contributed by atoms with Gasteiger partial charge >= 0.3 is 0 Å². The lowest BCUT2D eigenvalue weighted by atomic mass is 9.91. The van der Waals surface area contributed by atoms with Crippen LogP contribution in [0.5, 0.6) is 0 Å². The second kappa shape index (κ2) is 5.33. The molecule has 1 aliphatic heterocycles. The van der Waals surface area contributed by atoms with Crippen LogP contribution in [-0.4, -0.2) is 13.1 Å². The van der Waals surface area contributed by atoms with Gasteiger partial charge in [-0.15, -0.1) is 0 Å². The van der Waals surface area contributed by atoms with Crippen molar-refractivity contribution >= 4 is 0 Å². The van der Waals surface area contributed by atoms with Crippen LogP contribution in [0.15, 0.2) is 36.4 Å². The van der Waals surface area contributed by atoms with Gasteiger partial charge in [0.25, 0.3) is 0 Å². The van der Waals surface area contributed by atoms with E-state index in [1.54, 1.807) is 12.1 Å². The van der Waals surface area contributed by atoms with E-state index in [0.29, 0.717) is 11.5 Å². The van der Waals surface area contributed by atoms with Gasteiger partial charge in [0.05, 0.1) is 0 Å². The maximum absolute atomic E-state index is 13.9. The van der Waals surface area contributed by atoms with Crippen molar-refractivity contribution in [2.45, 2.75) is 19.3 Å². The Hall–Kier alpha value is -1.74. The summed E-state index contributed by atoms with van der Waals surface area (Å²) in [5, 5.41) is 3.39. The molecule has 104 valence electrons. The summed E-state index contributed by atoms with van der Waals surface area (Å²) in [4.78, 5) is 0. The fourth-order valence-corrected chi connectivity index (χ4v) is 2.83. The van der Waals surface area contributed by atoms with Gasteiger partial charge in [-0.25, -0.2) is 8.78 Å². The molecule has 1 unspecified atom stereocenters. The summed E-state index contributed by atoms with van der Waals surface area (Å²) in [5.41, 5.74) is 3.60. The van der Waals surface area contributed by atoms with Crippen LogP contribution in [-0.2, 0) is 6.42 Å². The van der Waals surface area contributed by atoms with Crippen molar-refractivity contribution in [3.8, 4) is 11.1 Å². The van der Waals surface area contributed by atoms with Gasteiger partial charge in [-0.1, -0.05) is 37.3 Å². The molecule has 1 heterocycles. The van der Waals surface area contributed by atoms with Gasteiger partial charge < -0.3 is 5.32 Å². The molecule has 0 fully saturated rings. The SMILES string of the molecule is CC1CNCCc2ccc(-c3cccc(F)c3F)cc21. The maximum Gasteiger partial charge on any atom is 0.166 e. The Labute approximate surface area is 117 Å². The molecule has 0 saturated heterocycles. The van der Waals surface area contributed by atoms with E-state index in [1.165, 1.54) is 11.1 Å². The minimum atomic E-state index is -0.799. The average molecular weight is 273 g/mol. The maximum atomic E-state index is 13.9. The molecule has 3 heteroatoms. The molecule has 0 amide bonds. The lowest BCUT2D eigenvalue weighted by Gasteiger charge is -2.14. The molecule has 0 saturated carbocycles. The molecule has 20 heavy (non-hydrogen) atoms. The van der Waals surface area contributed by atoms with Crippen LogP contribution in [0, 0.1) is 11.6 Å². The highest BCUT2D eigenvalue weighted by Gasteiger charge is 2.17. The first-order valence-electron chi connectivity index (χ1n) is 6.94. The van der Waals surface area contributed by atoms with Crippen molar-refractivity contribution in [3.63, 3.8) is 0 Å². The molecule has 0 aromatic heterocycles. The Bertz CT molecular complexity index is 637. The van der Waals surface area contributed by atoms with Gasteiger partial charge in [-0.2, -0.15) is 0 Å². The summed E-state index contributed by atoms with van der Waals surface area (Å²) in [6.45, 7) is 4.04.